The van der Waals surface area contributed by atoms with E-state index in [0.29, 0.717) is 12.2 Å². The Balaban J connectivity index is 1.75. The minimum atomic E-state index is -0.132. The first-order valence-corrected chi connectivity index (χ1v) is 7.16. The number of amidine groups is 1. The molecule has 2 aromatic rings. The summed E-state index contributed by atoms with van der Waals surface area (Å²) in [6.07, 6.45) is -0.132. The van der Waals surface area contributed by atoms with Gasteiger partial charge in [-0.25, -0.2) is 0 Å². The van der Waals surface area contributed by atoms with Crippen LogP contribution >= 0.6 is 0 Å². The van der Waals surface area contributed by atoms with Crippen LogP contribution in [0.1, 0.15) is 12.5 Å². The highest BCUT2D eigenvalue weighted by atomic mass is 16.5. The molecule has 0 saturated carbocycles. The van der Waals surface area contributed by atoms with E-state index in [1.807, 2.05) is 49.4 Å². The second kappa shape index (κ2) is 5.97. The van der Waals surface area contributed by atoms with E-state index >= 15 is 0 Å². The van der Waals surface area contributed by atoms with E-state index in [4.69, 9.17) is 15.2 Å². The number of hydrogen-bond acceptors (Lipinski definition) is 4. The van der Waals surface area contributed by atoms with Crippen molar-refractivity contribution in [3.63, 3.8) is 0 Å². The van der Waals surface area contributed by atoms with Crippen molar-refractivity contribution in [2.75, 3.05) is 18.2 Å². The van der Waals surface area contributed by atoms with Gasteiger partial charge in [-0.3, -0.25) is 4.99 Å². The van der Waals surface area contributed by atoms with Gasteiger partial charge in [-0.1, -0.05) is 12.1 Å². The minimum absolute atomic E-state index is 0.132. The van der Waals surface area contributed by atoms with Gasteiger partial charge in [0.1, 0.15) is 17.3 Å². The highest BCUT2D eigenvalue weighted by Crippen LogP contribution is 2.31. The molecule has 22 heavy (non-hydrogen) atoms. The Hall–Kier alpha value is -2.69. The molecule has 1 atom stereocenters. The number of fused-ring (bicyclic) bond motifs is 1. The first-order chi connectivity index (χ1) is 10.7. The van der Waals surface area contributed by atoms with Crippen LogP contribution in [0.4, 0.5) is 11.4 Å². The molecule has 2 aromatic carbocycles. The summed E-state index contributed by atoms with van der Waals surface area (Å²) in [5.74, 6) is 2.42. The van der Waals surface area contributed by atoms with Crippen LogP contribution in [0.5, 0.6) is 11.5 Å². The Morgan fingerprint density at radius 2 is 2.00 bits per heavy atom. The zero-order valence-corrected chi connectivity index (χ0v) is 12.7. The van der Waals surface area contributed by atoms with Crippen molar-refractivity contribution in [1.82, 2.24) is 0 Å². The van der Waals surface area contributed by atoms with Crippen LogP contribution in [-0.2, 0) is 6.54 Å². The topological polar surface area (TPSA) is 68.9 Å². The number of nitrogens with two attached hydrogens (primary N) is 1. The first-order valence-electron chi connectivity index (χ1n) is 7.16. The largest absolute Gasteiger partial charge is 0.497 e. The van der Waals surface area contributed by atoms with Crippen LogP contribution in [-0.4, -0.2) is 19.0 Å². The van der Waals surface area contributed by atoms with E-state index in [-0.39, 0.29) is 6.10 Å². The van der Waals surface area contributed by atoms with Gasteiger partial charge in [-0.2, -0.15) is 0 Å². The number of benzene rings is 2. The highest BCUT2D eigenvalue weighted by Gasteiger charge is 2.21. The SMILES string of the molecule is COc1ccc(CN=C2Nc3ccc(N)cc3OC2C)cc1. The molecule has 0 aromatic heterocycles. The van der Waals surface area contributed by atoms with Gasteiger partial charge in [0, 0.05) is 11.8 Å². The molecule has 3 rings (SSSR count). The minimum Gasteiger partial charge on any atom is -0.497 e. The number of methoxy groups -OCH3 is 1. The number of rotatable bonds is 3. The maximum absolute atomic E-state index is 5.86. The molecule has 5 nitrogen and oxygen atoms in total. The number of nitrogen functional groups attached to an aromatic ring is 1. The van der Waals surface area contributed by atoms with Crippen molar-refractivity contribution in [1.29, 1.82) is 0 Å². The molecule has 0 amide bonds. The molecule has 1 unspecified atom stereocenters. The van der Waals surface area contributed by atoms with E-state index in [1.54, 1.807) is 7.11 Å². The van der Waals surface area contributed by atoms with E-state index in [0.717, 1.165) is 28.6 Å². The highest BCUT2D eigenvalue weighted by molar-refractivity contribution is 6.01. The normalized spacial score (nSPS) is 18.3. The zero-order valence-electron chi connectivity index (χ0n) is 12.7. The molecule has 3 N–H and O–H groups in total. The van der Waals surface area contributed by atoms with E-state index in [1.165, 1.54) is 0 Å². The van der Waals surface area contributed by atoms with Crippen molar-refractivity contribution >= 4 is 17.2 Å². The van der Waals surface area contributed by atoms with Gasteiger partial charge in [-0.15, -0.1) is 0 Å². The van der Waals surface area contributed by atoms with Gasteiger partial charge in [-0.05, 0) is 36.8 Å². The molecule has 0 aliphatic carbocycles. The fourth-order valence-corrected chi connectivity index (χ4v) is 2.30. The third-order valence-electron chi connectivity index (χ3n) is 3.55. The summed E-state index contributed by atoms with van der Waals surface area (Å²) in [7, 11) is 1.66. The third-order valence-corrected chi connectivity index (χ3v) is 3.55. The van der Waals surface area contributed by atoms with Crippen LogP contribution in [0, 0.1) is 0 Å². The van der Waals surface area contributed by atoms with Gasteiger partial charge in [0.15, 0.2) is 6.10 Å². The van der Waals surface area contributed by atoms with Crippen molar-refractivity contribution in [3.8, 4) is 11.5 Å². The number of anilines is 2. The van der Waals surface area contributed by atoms with Crippen LogP contribution < -0.4 is 20.5 Å². The van der Waals surface area contributed by atoms with Crippen molar-refractivity contribution in [2.24, 2.45) is 4.99 Å². The molecule has 5 heteroatoms. The Morgan fingerprint density at radius 3 is 2.73 bits per heavy atom. The van der Waals surface area contributed by atoms with Crippen molar-refractivity contribution in [3.05, 3.63) is 48.0 Å². The summed E-state index contributed by atoms with van der Waals surface area (Å²) < 4.78 is 11.0. The maximum Gasteiger partial charge on any atom is 0.153 e. The quantitative estimate of drug-likeness (QED) is 0.854. The number of hydrogen-bond donors (Lipinski definition) is 2. The molecule has 0 radical (unpaired) electrons. The Kier molecular flexibility index (Phi) is 3.87. The van der Waals surface area contributed by atoms with E-state index < -0.39 is 0 Å². The van der Waals surface area contributed by atoms with E-state index in [2.05, 4.69) is 10.3 Å². The molecule has 1 heterocycles. The average Bonchev–Trinajstić information content (AvgIpc) is 2.53. The van der Waals surface area contributed by atoms with E-state index in [9.17, 15) is 0 Å². The molecular formula is C17H19N3O2. The summed E-state index contributed by atoms with van der Waals surface area (Å²) in [6.45, 7) is 2.55. The monoisotopic (exact) mass is 297 g/mol. The number of aliphatic imine (C=N–C) groups is 1. The molecule has 1 aliphatic heterocycles. The standard InChI is InChI=1S/C17H19N3O2/c1-11-17(19-10-12-3-6-14(21-2)7-4-12)20-15-8-5-13(18)9-16(15)22-11/h3-9,11H,10,18H2,1-2H3,(H,19,20). The zero-order chi connectivity index (χ0) is 15.5. The summed E-state index contributed by atoms with van der Waals surface area (Å²) >= 11 is 0. The molecule has 0 fully saturated rings. The lowest BCUT2D eigenvalue weighted by molar-refractivity contribution is 0.282. The lowest BCUT2D eigenvalue weighted by atomic mass is 10.2. The predicted octanol–water partition coefficient (Wildman–Crippen LogP) is 3.07. The second-order valence-corrected chi connectivity index (χ2v) is 5.19. The summed E-state index contributed by atoms with van der Waals surface area (Å²) in [4.78, 5) is 4.62. The first kappa shape index (κ1) is 14.3. The smallest absolute Gasteiger partial charge is 0.153 e. The van der Waals surface area contributed by atoms with Crippen LogP contribution in [0.25, 0.3) is 0 Å². The Morgan fingerprint density at radius 1 is 1.23 bits per heavy atom. The molecular weight excluding hydrogens is 278 g/mol. The third kappa shape index (κ3) is 2.98. The molecule has 1 aliphatic rings. The Labute approximate surface area is 129 Å². The predicted molar refractivity (Wildman–Crippen MR) is 88.7 cm³/mol. The second-order valence-electron chi connectivity index (χ2n) is 5.19. The Bertz CT molecular complexity index is 696. The number of ether oxygens (including phenoxy) is 2. The number of nitrogens with zero attached hydrogens (tertiary/aromatic N) is 1. The maximum atomic E-state index is 5.86. The number of nitrogens with one attached hydrogen (secondary N) is 1. The summed E-state index contributed by atoms with van der Waals surface area (Å²) in [6, 6.07) is 13.4. The average molecular weight is 297 g/mol. The summed E-state index contributed by atoms with van der Waals surface area (Å²) in [5.41, 5.74) is 8.46. The van der Waals surface area contributed by atoms with Crippen molar-refractivity contribution in [2.45, 2.75) is 19.6 Å². The molecule has 0 spiro atoms. The molecule has 0 saturated heterocycles. The molecule has 0 bridgehead atoms. The van der Waals surface area contributed by atoms with Gasteiger partial charge in [0.25, 0.3) is 0 Å². The fraction of sp³-hybridized carbons (Fsp3) is 0.235. The van der Waals surface area contributed by atoms with Crippen LogP contribution in [0.3, 0.4) is 0 Å². The van der Waals surface area contributed by atoms with Gasteiger partial charge in [0.05, 0.1) is 19.3 Å². The summed E-state index contributed by atoms with van der Waals surface area (Å²) in [5, 5.41) is 3.31. The lowest BCUT2D eigenvalue weighted by Crippen LogP contribution is -2.34. The van der Waals surface area contributed by atoms with Gasteiger partial charge in [0.2, 0.25) is 0 Å². The van der Waals surface area contributed by atoms with Gasteiger partial charge < -0.3 is 20.5 Å². The van der Waals surface area contributed by atoms with Crippen molar-refractivity contribution < 1.29 is 9.47 Å². The van der Waals surface area contributed by atoms with Crippen LogP contribution in [0.15, 0.2) is 47.5 Å². The van der Waals surface area contributed by atoms with Gasteiger partial charge >= 0.3 is 0 Å². The molecule has 114 valence electrons. The lowest BCUT2D eigenvalue weighted by Gasteiger charge is -2.26. The fourth-order valence-electron chi connectivity index (χ4n) is 2.30. The van der Waals surface area contributed by atoms with Crippen LogP contribution in [0.2, 0.25) is 0 Å².